The summed E-state index contributed by atoms with van der Waals surface area (Å²) in [6.07, 6.45) is 1.30. The van der Waals surface area contributed by atoms with E-state index in [1.165, 1.54) is 0 Å². The average Bonchev–Trinajstić information content (AvgIpc) is 2.62. The number of aryl methyl sites for hydroxylation is 1. The summed E-state index contributed by atoms with van der Waals surface area (Å²) in [7, 11) is 1.62. The summed E-state index contributed by atoms with van der Waals surface area (Å²) in [5.41, 5.74) is 2.31. The van der Waals surface area contributed by atoms with Gasteiger partial charge >= 0.3 is 0 Å². The summed E-state index contributed by atoms with van der Waals surface area (Å²) >= 11 is 0. The first-order chi connectivity index (χ1) is 12.1. The van der Waals surface area contributed by atoms with Crippen LogP contribution in [0, 0.1) is 6.92 Å². The standard InChI is InChI=1S/C19H24N2O4/c1-12-13(19(23)14-5-3-4-6-15(14)20-12)7-8-18(22)21-16-9-10-25-11-17(16)24-2/h3-6,16-17H,7-11H2,1-2H3,(H,20,23)(H,21,22)/t16-,17-/m1/s1. The molecule has 0 spiro atoms. The Morgan fingerprint density at radius 2 is 2.20 bits per heavy atom. The van der Waals surface area contributed by atoms with Gasteiger partial charge in [0, 0.05) is 42.3 Å². The summed E-state index contributed by atoms with van der Waals surface area (Å²) in [6.45, 7) is 2.99. The van der Waals surface area contributed by atoms with Crippen molar-refractivity contribution in [1.29, 1.82) is 0 Å². The fraction of sp³-hybridized carbons (Fsp3) is 0.474. The predicted molar refractivity (Wildman–Crippen MR) is 95.8 cm³/mol. The number of H-pyrrole nitrogens is 1. The highest BCUT2D eigenvalue weighted by molar-refractivity contribution is 5.80. The van der Waals surface area contributed by atoms with Gasteiger partial charge in [-0.25, -0.2) is 0 Å². The monoisotopic (exact) mass is 344 g/mol. The summed E-state index contributed by atoms with van der Waals surface area (Å²) in [6, 6.07) is 7.39. The zero-order chi connectivity index (χ0) is 17.8. The molecule has 0 saturated carbocycles. The van der Waals surface area contributed by atoms with Gasteiger partial charge < -0.3 is 19.8 Å². The van der Waals surface area contributed by atoms with Crippen LogP contribution >= 0.6 is 0 Å². The van der Waals surface area contributed by atoms with E-state index < -0.39 is 0 Å². The van der Waals surface area contributed by atoms with Crippen molar-refractivity contribution in [1.82, 2.24) is 10.3 Å². The van der Waals surface area contributed by atoms with E-state index >= 15 is 0 Å². The van der Waals surface area contributed by atoms with E-state index in [0.717, 1.165) is 17.6 Å². The zero-order valence-electron chi connectivity index (χ0n) is 14.6. The van der Waals surface area contributed by atoms with Crippen LogP contribution in [0.2, 0.25) is 0 Å². The fourth-order valence-electron chi connectivity index (χ4n) is 3.33. The van der Waals surface area contributed by atoms with E-state index in [2.05, 4.69) is 10.3 Å². The molecule has 3 rings (SSSR count). The van der Waals surface area contributed by atoms with Gasteiger partial charge in [0.05, 0.1) is 12.6 Å². The molecule has 6 heteroatoms. The smallest absolute Gasteiger partial charge is 0.220 e. The number of hydrogen-bond acceptors (Lipinski definition) is 4. The predicted octanol–water partition coefficient (Wildman–Crippen LogP) is 1.69. The maximum Gasteiger partial charge on any atom is 0.220 e. The maximum absolute atomic E-state index is 12.7. The van der Waals surface area contributed by atoms with E-state index in [-0.39, 0.29) is 29.9 Å². The van der Waals surface area contributed by atoms with Gasteiger partial charge in [0.2, 0.25) is 5.91 Å². The molecule has 1 aliphatic heterocycles. The second-order valence-electron chi connectivity index (χ2n) is 6.42. The quantitative estimate of drug-likeness (QED) is 0.865. The first-order valence-electron chi connectivity index (χ1n) is 8.60. The molecule has 2 aromatic rings. The van der Waals surface area contributed by atoms with Gasteiger partial charge in [-0.1, -0.05) is 12.1 Å². The Morgan fingerprint density at radius 3 is 3.00 bits per heavy atom. The number of para-hydroxylation sites is 1. The van der Waals surface area contributed by atoms with Crippen LogP contribution in [0.4, 0.5) is 0 Å². The Labute approximate surface area is 146 Å². The molecule has 2 heterocycles. The second-order valence-corrected chi connectivity index (χ2v) is 6.42. The maximum atomic E-state index is 12.7. The van der Waals surface area contributed by atoms with E-state index in [4.69, 9.17) is 9.47 Å². The molecule has 134 valence electrons. The van der Waals surface area contributed by atoms with Gasteiger partial charge in [0.25, 0.3) is 0 Å². The summed E-state index contributed by atoms with van der Waals surface area (Å²) in [5, 5.41) is 3.67. The van der Waals surface area contributed by atoms with Crippen molar-refractivity contribution in [2.45, 2.75) is 38.3 Å². The van der Waals surface area contributed by atoms with Crippen LogP contribution in [0.15, 0.2) is 29.1 Å². The minimum absolute atomic E-state index is 0.000449. The highest BCUT2D eigenvalue weighted by Crippen LogP contribution is 2.13. The van der Waals surface area contributed by atoms with E-state index in [1.54, 1.807) is 7.11 Å². The number of carbonyl (C=O) groups is 1. The topological polar surface area (TPSA) is 80.4 Å². The van der Waals surface area contributed by atoms with Crippen molar-refractivity contribution in [2.24, 2.45) is 0 Å². The third kappa shape index (κ3) is 3.91. The minimum Gasteiger partial charge on any atom is -0.379 e. The Balaban J connectivity index is 1.68. The van der Waals surface area contributed by atoms with Crippen LogP contribution in [-0.2, 0) is 20.7 Å². The van der Waals surface area contributed by atoms with Gasteiger partial charge in [-0.15, -0.1) is 0 Å². The number of aromatic amines is 1. The van der Waals surface area contributed by atoms with Crippen LogP contribution in [-0.4, -0.2) is 43.4 Å². The summed E-state index contributed by atoms with van der Waals surface area (Å²) in [5.74, 6) is -0.0686. The van der Waals surface area contributed by atoms with E-state index in [9.17, 15) is 9.59 Å². The van der Waals surface area contributed by atoms with Crippen LogP contribution in [0.25, 0.3) is 10.9 Å². The normalized spacial score (nSPS) is 20.6. The minimum atomic E-state index is -0.122. The number of pyridine rings is 1. The Hall–Kier alpha value is -2.18. The molecule has 0 radical (unpaired) electrons. The van der Waals surface area contributed by atoms with Gasteiger partial charge in [0.15, 0.2) is 5.43 Å². The zero-order valence-corrected chi connectivity index (χ0v) is 14.6. The second kappa shape index (κ2) is 7.80. The van der Waals surface area contributed by atoms with E-state index in [1.807, 2.05) is 31.2 Å². The number of nitrogens with one attached hydrogen (secondary N) is 2. The van der Waals surface area contributed by atoms with Crippen LogP contribution in [0.3, 0.4) is 0 Å². The first kappa shape index (κ1) is 17.6. The first-order valence-corrected chi connectivity index (χ1v) is 8.60. The Kier molecular flexibility index (Phi) is 5.50. The SMILES string of the molecule is CO[C@@H]1COCC[C@H]1NC(=O)CCc1c(C)[nH]c2ccccc2c1=O. The molecular weight excluding hydrogens is 320 g/mol. The highest BCUT2D eigenvalue weighted by atomic mass is 16.5. The van der Waals surface area contributed by atoms with Crippen molar-refractivity contribution in [3.63, 3.8) is 0 Å². The fourth-order valence-corrected chi connectivity index (χ4v) is 3.33. The number of aromatic nitrogens is 1. The van der Waals surface area contributed by atoms with Gasteiger partial charge in [-0.05, 0) is 31.9 Å². The third-order valence-electron chi connectivity index (χ3n) is 4.78. The molecule has 0 unspecified atom stereocenters. The molecule has 1 fully saturated rings. The molecule has 0 bridgehead atoms. The van der Waals surface area contributed by atoms with Crippen molar-refractivity contribution >= 4 is 16.8 Å². The van der Waals surface area contributed by atoms with Crippen molar-refractivity contribution in [2.75, 3.05) is 20.3 Å². The van der Waals surface area contributed by atoms with Crippen molar-refractivity contribution < 1.29 is 14.3 Å². The average molecular weight is 344 g/mol. The van der Waals surface area contributed by atoms with Crippen molar-refractivity contribution in [3.8, 4) is 0 Å². The molecule has 2 atom stereocenters. The molecule has 0 aliphatic carbocycles. The molecular formula is C19H24N2O4. The molecule has 1 aromatic heterocycles. The number of methoxy groups -OCH3 is 1. The number of benzene rings is 1. The number of rotatable bonds is 5. The molecule has 6 nitrogen and oxygen atoms in total. The Morgan fingerprint density at radius 1 is 1.40 bits per heavy atom. The van der Waals surface area contributed by atoms with E-state index in [0.29, 0.717) is 30.6 Å². The molecule has 1 amide bonds. The molecule has 2 N–H and O–H groups in total. The number of amides is 1. The number of ether oxygens (including phenoxy) is 2. The molecule has 25 heavy (non-hydrogen) atoms. The number of fused-ring (bicyclic) bond motifs is 1. The number of hydrogen-bond donors (Lipinski definition) is 2. The van der Waals surface area contributed by atoms with Crippen LogP contribution in [0.1, 0.15) is 24.1 Å². The van der Waals surface area contributed by atoms with Crippen LogP contribution in [0.5, 0.6) is 0 Å². The van der Waals surface area contributed by atoms with Crippen molar-refractivity contribution in [3.05, 3.63) is 45.7 Å². The third-order valence-corrected chi connectivity index (χ3v) is 4.78. The molecule has 1 aromatic carbocycles. The van der Waals surface area contributed by atoms with Gasteiger partial charge in [-0.3, -0.25) is 9.59 Å². The molecule has 1 aliphatic rings. The lowest BCUT2D eigenvalue weighted by atomic mass is 10.0. The lowest BCUT2D eigenvalue weighted by Gasteiger charge is -2.31. The lowest BCUT2D eigenvalue weighted by molar-refractivity contribution is -0.125. The number of carbonyl (C=O) groups excluding carboxylic acids is 1. The highest BCUT2D eigenvalue weighted by Gasteiger charge is 2.26. The van der Waals surface area contributed by atoms with Gasteiger partial charge in [-0.2, -0.15) is 0 Å². The lowest BCUT2D eigenvalue weighted by Crippen LogP contribution is -2.49. The Bertz CT molecular complexity index is 815. The van der Waals surface area contributed by atoms with Crippen LogP contribution < -0.4 is 10.7 Å². The largest absolute Gasteiger partial charge is 0.379 e. The van der Waals surface area contributed by atoms with Gasteiger partial charge in [0.1, 0.15) is 6.10 Å². The molecule has 1 saturated heterocycles. The summed E-state index contributed by atoms with van der Waals surface area (Å²) < 4.78 is 10.7. The summed E-state index contributed by atoms with van der Waals surface area (Å²) in [4.78, 5) is 28.2.